The van der Waals surface area contributed by atoms with E-state index in [1.54, 1.807) is 0 Å². The van der Waals surface area contributed by atoms with Crippen LogP contribution in [0, 0.1) is 0 Å². The summed E-state index contributed by atoms with van der Waals surface area (Å²) in [5, 5.41) is 0. The van der Waals surface area contributed by atoms with E-state index >= 15 is 0 Å². The van der Waals surface area contributed by atoms with Crippen molar-refractivity contribution in [3.05, 3.63) is 216 Å². The molecule has 1 atom stereocenters. The monoisotopic (exact) mass is 578 g/mol. The number of allylic oxidation sites excluding steroid dienone is 1. The molecule has 0 spiro atoms. The Morgan fingerprint density at radius 1 is 0.489 bits per heavy atom. The summed E-state index contributed by atoms with van der Waals surface area (Å²) in [6, 6.07) is 58.7. The lowest BCUT2D eigenvalue weighted by Gasteiger charge is -2.36. The SMILES string of the molecule is NC1(c2ccc3c(c2)C(c2ccccc2)(c2ccccc2)c2ccccc2-3)C=CC(N(c2ccccc2)c2ccccc2)=CC1. The van der Waals surface area contributed by atoms with Gasteiger partial charge in [-0.3, -0.25) is 0 Å². The maximum Gasteiger partial charge on any atom is 0.0713 e. The molecule has 0 bridgehead atoms. The molecule has 1 unspecified atom stereocenters. The van der Waals surface area contributed by atoms with E-state index in [9.17, 15) is 0 Å². The minimum Gasteiger partial charge on any atom is -0.318 e. The Morgan fingerprint density at radius 3 is 1.56 bits per heavy atom. The molecule has 0 radical (unpaired) electrons. The first-order chi connectivity index (χ1) is 22.2. The van der Waals surface area contributed by atoms with Gasteiger partial charge in [0.05, 0.1) is 11.0 Å². The second-order valence-electron chi connectivity index (χ2n) is 12.0. The lowest BCUT2D eigenvalue weighted by molar-refractivity contribution is 0.560. The lowest BCUT2D eigenvalue weighted by Crippen LogP contribution is -2.37. The first-order valence-electron chi connectivity index (χ1n) is 15.6. The second kappa shape index (κ2) is 10.9. The Hall–Kier alpha value is -5.44. The number of benzene rings is 6. The molecule has 6 aromatic rings. The van der Waals surface area contributed by atoms with Gasteiger partial charge in [-0.2, -0.15) is 0 Å². The third-order valence-corrected chi connectivity index (χ3v) is 9.48. The van der Waals surface area contributed by atoms with Gasteiger partial charge in [0.1, 0.15) is 0 Å². The molecule has 45 heavy (non-hydrogen) atoms. The Labute approximate surface area is 265 Å². The largest absolute Gasteiger partial charge is 0.318 e. The molecular formula is C43H34N2. The molecule has 0 aliphatic heterocycles. The van der Waals surface area contributed by atoms with Crippen LogP contribution in [-0.4, -0.2) is 0 Å². The molecule has 216 valence electrons. The third-order valence-electron chi connectivity index (χ3n) is 9.48. The predicted octanol–water partition coefficient (Wildman–Crippen LogP) is 9.89. The molecular weight excluding hydrogens is 544 g/mol. The minimum atomic E-state index is -0.647. The number of nitrogens with two attached hydrogens (primary N) is 1. The first kappa shape index (κ1) is 27.1. The molecule has 0 aromatic heterocycles. The molecule has 0 saturated heterocycles. The zero-order valence-corrected chi connectivity index (χ0v) is 25.1. The topological polar surface area (TPSA) is 29.3 Å². The van der Waals surface area contributed by atoms with Crippen molar-refractivity contribution in [2.24, 2.45) is 5.73 Å². The molecule has 6 aromatic carbocycles. The fraction of sp³-hybridized carbons (Fsp3) is 0.0698. The van der Waals surface area contributed by atoms with Gasteiger partial charge in [-0.15, -0.1) is 0 Å². The number of anilines is 2. The van der Waals surface area contributed by atoms with Crippen LogP contribution in [0.3, 0.4) is 0 Å². The van der Waals surface area contributed by atoms with Gasteiger partial charge in [0, 0.05) is 17.1 Å². The van der Waals surface area contributed by atoms with Crippen LogP contribution in [0.4, 0.5) is 11.4 Å². The Balaban J connectivity index is 1.25. The molecule has 2 aliphatic carbocycles. The number of fused-ring (bicyclic) bond motifs is 3. The number of hydrogen-bond donors (Lipinski definition) is 1. The fourth-order valence-corrected chi connectivity index (χ4v) is 7.36. The summed E-state index contributed by atoms with van der Waals surface area (Å²) in [5.74, 6) is 0. The normalized spacial score (nSPS) is 17.7. The molecule has 0 heterocycles. The molecule has 2 N–H and O–H groups in total. The third kappa shape index (κ3) is 4.37. The van der Waals surface area contributed by atoms with Crippen LogP contribution in [-0.2, 0) is 11.0 Å². The van der Waals surface area contributed by atoms with E-state index in [0.29, 0.717) is 6.42 Å². The van der Waals surface area contributed by atoms with Gasteiger partial charge in [0.25, 0.3) is 0 Å². The van der Waals surface area contributed by atoms with E-state index in [0.717, 1.165) is 22.6 Å². The standard InChI is InChI=1S/C43H34N2/c44-42(29-27-37(28-30-42)45(35-19-9-3-10-20-35)36-21-11-4-12-22-36)34-25-26-39-38-23-13-14-24-40(38)43(41(39)31-34,32-15-5-1-6-16-32)33-17-7-2-8-18-33/h1-29,31H,30,44H2. The second-order valence-corrected chi connectivity index (χ2v) is 12.0. The van der Waals surface area contributed by atoms with Gasteiger partial charge < -0.3 is 10.6 Å². The van der Waals surface area contributed by atoms with Crippen LogP contribution in [0.2, 0.25) is 0 Å². The molecule has 2 nitrogen and oxygen atoms in total. The highest BCUT2D eigenvalue weighted by Gasteiger charge is 2.46. The Morgan fingerprint density at radius 2 is 1.00 bits per heavy atom. The summed E-state index contributed by atoms with van der Waals surface area (Å²) in [5.41, 5.74) is 18.4. The Kier molecular flexibility index (Phi) is 6.59. The average Bonchev–Trinajstić information content (AvgIpc) is 3.42. The summed E-state index contributed by atoms with van der Waals surface area (Å²) >= 11 is 0. The van der Waals surface area contributed by atoms with Crippen molar-refractivity contribution in [1.29, 1.82) is 0 Å². The van der Waals surface area contributed by atoms with E-state index in [1.165, 1.54) is 33.4 Å². The predicted molar refractivity (Wildman–Crippen MR) is 186 cm³/mol. The fourth-order valence-electron chi connectivity index (χ4n) is 7.36. The van der Waals surface area contributed by atoms with Gasteiger partial charge in [0.2, 0.25) is 0 Å². The summed E-state index contributed by atoms with van der Waals surface area (Å²) < 4.78 is 0. The molecule has 2 heteroatoms. The highest BCUT2D eigenvalue weighted by atomic mass is 15.1. The van der Waals surface area contributed by atoms with Crippen LogP contribution < -0.4 is 10.6 Å². The van der Waals surface area contributed by atoms with Gasteiger partial charge >= 0.3 is 0 Å². The van der Waals surface area contributed by atoms with Crippen LogP contribution >= 0.6 is 0 Å². The first-order valence-corrected chi connectivity index (χ1v) is 15.6. The minimum absolute atomic E-state index is 0.447. The van der Waals surface area contributed by atoms with Crippen molar-refractivity contribution in [1.82, 2.24) is 0 Å². The van der Waals surface area contributed by atoms with E-state index in [1.807, 2.05) is 0 Å². The zero-order chi connectivity index (χ0) is 30.3. The average molecular weight is 579 g/mol. The van der Waals surface area contributed by atoms with Gasteiger partial charge in [0.15, 0.2) is 0 Å². The van der Waals surface area contributed by atoms with Crippen molar-refractivity contribution < 1.29 is 0 Å². The molecule has 2 aliphatic rings. The van der Waals surface area contributed by atoms with E-state index in [4.69, 9.17) is 5.73 Å². The molecule has 0 fully saturated rings. The maximum absolute atomic E-state index is 7.34. The van der Waals surface area contributed by atoms with Crippen molar-refractivity contribution in [2.75, 3.05) is 4.90 Å². The van der Waals surface area contributed by atoms with Crippen LogP contribution in [0.1, 0.15) is 34.2 Å². The van der Waals surface area contributed by atoms with E-state index < -0.39 is 11.0 Å². The zero-order valence-electron chi connectivity index (χ0n) is 25.1. The molecule has 0 amide bonds. The van der Waals surface area contributed by atoms with Crippen molar-refractivity contribution in [3.8, 4) is 11.1 Å². The number of rotatable bonds is 6. The molecule has 8 rings (SSSR count). The molecule has 0 saturated carbocycles. The van der Waals surface area contributed by atoms with Crippen LogP contribution in [0.15, 0.2) is 188 Å². The summed E-state index contributed by atoms with van der Waals surface area (Å²) in [6.07, 6.45) is 7.35. The van der Waals surface area contributed by atoms with Crippen molar-refractivity contribution >= 4 is 11.4 Å². The van der Waals surface area contributed by atoms with E-state index in [-0.39, 0.29) is 0 Å². The van der Waals surface area contributed by atoms with Gasteiger partial charge in [-0.1, -0.05) is 152 Å². The Bertz CT molecular complexity index is 1950. The highest BCUT2D eigenvalue weighted by molar-refractivity contribution is 5.86. The number of hydrogen-bond acceptors (Lipinski definition) is 2. The smallest absolute Gasteiger partial charge is 0.0713 e. The highest BCUT2D eigenvalue weighted by Crippen LogP contribution is 2.56. The van der Waals surface area contributed by atoms with E-state index in [2.05, 4.69) is 187 Å². The van der Waals surface area contributed by atoms with Gasteiger partial charge in [-0.05, 0) is 75.7 Å². The summed E-state index contributed by atoms with van der Waals surface area (Å²) in [7, 11) is 0. The lowest BCUT2D eigenvalue weighted by atomic mass is 9.67. The quantitative estimate of drug-likeness (QED) is 0.213. The summed E-state index contributed by atoms with van der Waals surface area (Å²) in [6.45, 7) is 0. The number of para-hydroxylation sites is 2. The maximum atomic E-state index is 7.34. The van der Waals surface area contributed by atoms with Gasteiger partial charge in [-0.25, -0.2) is 0 Å². The van der Waals surface area contributed by atoms with Crippen LogP contribution in [0.5, 0.6) is 0 Å². The van der Waals surface area contributed by atoms with Crippen LogP contribution in [0.25, 0.3) is 11.1 Å². The van der Waals surface area contributed by atoms with Crippen molar-refractivity contribution in [2.45, 2.75) is 17.4 Å². The van der Waals surface area contributed by atoms with Crippen molar-refractivity contribution in [3.63, 3.8) is 0 Å². The number of nitrogens with zero attached hydrogens (tertiary/aromatic N) is 1. The summed E-state index contributed by atoms with van der Waals surface area (Å²) in [4.78, 5) is 2.30.